The molecule has 1 aromatic heterocycles. The summed E-state index contributed by atoms with van der Waals surface area (Å²) in [5.41, 5.74) is 0.832. The zero-order chi connectivity index (χ0) is 13.9. The molecule has 0 aliphatic rings. The highest BCUT2D eigenvalue weighted by molar-refractivity contribution is 5.81. The number of H-pyrrole nitrogens is 1. The van der Waals surface area contributed by atoms with E-state index in [0.717, 1.165) is 11.5 Å². The lowest BCUT2D eigenvalue weighted by atomic mass is 10.1. The molecular formula is C13H24N4O. The summed E-state index contributed by atoms with van der Waals surface area (Å²) in [4.78, 5) is 21.4. The number of rotatable bonds is 4. The molecule has 0 spiro atoms. The van der Waals surface area contributed by atoms with Gasteiger partial charge in [0, 0.05) is 17.4 Å². The summed E-state index contributed by atoms with van der Waals surface area (Å²) in [5, 5.41) is 2.98. The van der Waals surface area contributed by atoms with Gasteiger partial charge in [-0.3, -0.25) is 9.69 Å². The van der Waals surface area contributed by atoms with E-state index in [-0.39, 0.29) is 17.5 Å². The molecule has 102 valence electrons. The number of imidazole rings is 1. The highest BCUT2D eigenvalue weighted by Crippen LogP contribution is 2.06. The third-order valence-electron chi connectivity index (χ3n) is 2.69. The molecular weight excluding hydrogens is 228 g/mol. The Kier molecular flexibility index (Phi) is 4.51. The van der Waals surface area contributed by atoms with Crippen LogP contribution in [0.2, 0.25) is 0 Å². The van der Waals surface area contributed by atoms with Crippen LogP contribution < -0.4 is 5.32 Å². The summed E-state index contributed by atoms with van der Waals surface area (Å²) in [6.45, 7) is 10.4. The fourth-order valence-electron chi connectivity index (χ4n) is 1.59. The maximum absolute atomic E-state index is 12.0. The number of likely N-dealkylation sites (N-methyl/N-ethyl adjacent to an activating group) is 1. The molecule has 0 aliphatic heterocycles. The first-order valence-electron chi connectivity index (χ1n) is 6.22. The third kappa shape index (κ3) is 4.49. The average molecular weight is 252 g/mol. The van der Waals surface area contributed by atoms with Crippen molar-refractivity contribution in [2.24, 2.45) is 0 Å². The number of nitrogens with one attached hydrogen (secondary N) is 2. The topological polar surface area (TPSA) is 61.0 Å². The largest absolute Gasteiger partial charge is 0.350 e. The van der Waals surface area contributed by atoms with Gasteiger partial charge in [0.25, 0.3) is 0 Å². The van der Waals surface area contributed by atoms with E-state index >= 15 is 0 Å². The zero-order valence-corrected chi connectivity index (χ0v) is 12.2. The van der Waals surface area contributed by atoms with Gasteiger partial charge in [-0.15, -0.1) is 0 Å². The molecule has 18 heavy (non-hydrogen) atoms. The summed E-state index contributed by atoms with van der Waals surface area (Å²) in [7, 11) is 1.92. The molecule has 0 aliphatic carbocycles. The SMILES string of the molecule is Cc1cnc(CN(C)C(C)C(=O)NC(C)(C)C)[nH]1. The molecule has 1 amide bonds. The fraction of sp³-hybridized carbons (Fsp3) is 0.692. The van der Waals surface area contributed by atoms with Gasteiger partial charge < -0.3 is 10.3 Å². The average Bonchev–Trinajstić information content (AvgIpc) is 2.60. The second-order valence-corrected chi connectivity index (χ2v) is 5.84. The van der Waals surface area contributed by atoms with Crippen molar-refractivity contribution in [3.8, 4) is 0 Å². The summed E-state index contributed by atoms with van der Waals surface area (Å²) in [5.74, 6) is 0.915. The number of hydrogen-bond acceptors (Lipinski definition) is 3. The molecule has 2 N–H and O–H groups in total. The molecule has 0 saturated carbocycles. The molecule has 1 atom stereocenters. The molecule has 1 rings (SSSR count). The minimum Gasteiger partial charge on any atom is -0.350 e. The van der Waals surface area contributed by atoms with E-state index in [2.05, 4.69) is 15.3 Å². The Hall–Kier alpha value is -1.36. The predicted molar refractivity (Wildman–Crippen MR) is 72.1 cm³/mol. The lowest BCUT2D eigenvalue weighted by molar-refractivity contribution is -0.127. The van der Waals surface area contributed by atoms with E-state index in [1.54, 1.807) is 6.20 Å². The first-order valence-corrected chi connectivity index (χ1v) is 6.22. The number of aromatic amines is 1. The normalized spacial score (nSPS) is 13.7. The molecule has 1 aromatic rings. The maximum atomic E-state index is 12.0. The van der Waals surface area contributed by atoms with Crippen molar-refractivity contribution in [1.29, 1.82) is 0 Å². The van der Waals surface area contributed by atoms with Crippen LogP contribution in [0.3, 0.4) is 0 Å². The Balaban J connectivity index is 2.55. The van der Waals surface area contributed by atoms with Gasteiger partial charge in [0.15, 0.2) is 0 Å². The number of hydrogen-bond donors (Lipinski definition) is 2. The van der Waals surface area contributed by atoms with Gasteiger partial charge in [0.2, 0.25) is 5.91 Å². The summed E-state index contributed by atoms with van der Waals surface area (Å²) in [6, 6.07) is -0.186. The second kappa shape index (κ2) is 5.52. The number of carbonyl (C=O) groups excluding carboxylic acids is 1. The Morgan fingerprint density at radius 2 is 2.17 bits per heavy atom. The molecule has 0 aromatic carbocycles. The predicted octanol–water partition coefficient (Wildman–Crippen LogP) is 1.45. The van der Waals surface area contributed by atoms with Crippen molar-refractivity contribution >= 4 is 5.91 Å². The summed E-state index contributed by atoms with van der Waals surface area (Å²) >= 11 is 0. The number of aryl methyl sites for hydroxylation is 1. The molecule has 1 unspecified atom stereocenters. The van der Waals surface area contributed by atoms with Gasteiger partial charge in [0.05, 0.1) is 12.6 Å². The van der Waals surface area contributed by atoms with Crippen LogP contribution in [0.4, 0.5) is 0 Å². The molecule has 0 saturated heterocycles. The minimum absolute atomic E-state index is 0.0354. The molecule has 1 heterocycles. The number of nitrogens with zero attached hydrogens (tertiary/aromatic N) is 2. The standard InChI is InChI=1S/C13H24N4O/c1-9-7-14-11(15-9)8-17(6)10(2)12(18)16-13(3,4)5/h7,10H,8H2,1-6H3,(H,14,15)(H,16,18). The molecule has 0 radical (unpaired) electrons. The van der Waals surface area contributed by atoms with Crippen LogP contribution >= 0.6 is 0 Å². The molecule has 5 nitrogen and oxygen atoms in total. The number of carbonyl (C=O) groups is 1. The number of aromatic nitrogens is 2. The smallest absolute Gasteiger partial charge is 0.237 e. The van der Waals surface area contributed by atoms with Crippen LogP contribution in [0.1, 0.15) is 39.2 Å². The van der Waals surface area contributed by atoms with Gasteiger partial charge in [-0.05, 0) is 41.7 Å². The molecule has 0 fully saturated rings. The van der Waals surface area contributed by atoms with Crippen LogP contribution in [-0.4, -0.2) is 39.4 Å². The van der Waals surface area contributed by atoms with Gasteiger partial charge in [-0.1, -0.05) is 0 Å². The van der Waals surface area contributed by atoms with E-state index in [1.165, 1.54) is 0 Å². The highest BCUT2D eigenvalue weighted by atomic mass is 16.2. The van der Waals surface area contributed by atoms with Crippen LogP contribution in [-0.2, 0) is 11.3 Å². The second-order valence-electron chi connectivity index (χ2n) is 5.84. The van der Waals surface area contributed by atoms with E-state index in [9.17, 15) is 4.79 Å². The van der Waals surface area contributed by atoms with E-state index in [4.69, 9.17) is 0 Å². The van der Waals surface area contributed by atoms with Gasteiger partial charge in [-0.25, -0.2) is 4.98 Å². The van der Waals surface area contributed by atoms with Crippen LogP contribution in [0.15, 0.2) is 6.20 Å². The van der Waals surface area contributed by atoms with Crippen LogP contribution in [0, 0.1) is 6.92 Å². The van der Waals surface area contributed by atoms with Crippen LogP contribution in [0.5, 0.6) is 0 Å². The summed E-state index contributed by atoms with van der Waals surface area (Å²) < 4.78 is 0. The maximum Gasteiger partial charge on any atom is 0.237 e. The highest BCUT2D eigenvalue weighted by Gasteiger charge is 2.22. The first-order chi connectivity index (χ1) is 8.19. The van der Waals surface area contributed by atoms with Crippen molar-refractivity contribution < 1.29 is 4.79 Å². The Morgan fingerprint density at radius 3 is 2.61 bits per heavy atom. The fourth-order valence-corrected chi connectivity index (χ4v) is 1.59. The minimum atomic E-state index is -0.201. The number of amides is 1. The lowest BCUT2D eigenvalue weighted by Gasteiger charge is -2.27. The van der Waals surface area contributed by atoms with Crippen molar-refractivity contribution in [3.63, 3.8) is 0 Å². The molecule has 5 heteroatoms. The van der Waals surface area contributed by atoms with Gasteiger partial charge in [0.1, 0.15) is 5.82 Å². The van der Waals surface area contributed by atoms with Gasteiger partial charge in [-0.2, -0.15) is 0 Å². The van der Waals surface area contributed by atoms with E-state index in [0.29, 0.717) is 6.54 Å². The monoisotopic (exact) mass is 252 g/mol. The quantitative estimate of drug-likeness (QED) is 0.852. The first kappa shape index (κ1) is 14.7. The van der Waals surface area contributed by atoms with Crippen molar-refractivity contribution in [3.05, 3.63) is 17.7 Å². The van der Waals surface area contributed by atoms with Crippen molar-refractivity contribution in [2.75, 3.05) is 7.05 Å². The summed E-state index contributed by atoms with van der Waals surface area (Å²) in [6.07, 6.45) is 1.79. The van der Waals surface area contributed by atoms with Crippen LogP contribution in [0.25, 0.3) is 0 Å². The van der Waals surface area contributed by atoms with Gasteiger partial charge >= 0.3 is 0 Å². The van der Waals surface area contributed by atoms with Crippen molar-refractivity contribution in [1.82, 2.24) is 20.2 Å². The Labute approximate surface area is 109 Å². The van der Waals surface area contributed by atoms with E-state index < -0.39 is 0 Å². The van der Waals surface area contributed by atoms with Crippen molar-refractivity contribution in [2.45, 2.75) is 52.7 Å². The third-order valence-corrected chi connectivity index (χ3v) is 2.69. The zero-order valence-electron chi connectivity index (χ0n) is 12.2. The molecule has 0 bridgehead atoms. The van der Waals surface area contributed by atoms with E-state index in [1.807, 2.05) is 46.6 Å². The lowest BCUT2D eigenvalue weighted by Crippen LogP contribution is -2.49. The Morgan fingerprint density at radius 1 is 1.56 bits per heavy atom. The Bertz CT molecular complexity index is 405.